The van der Waals surface area contributed by atoms with Gasteiger partial charge in [0, 0.05) is 54.4 Å². The van der Waals surface area contributed by atoms with Crippen LogP contribution in [0.1, 0.15) is 37.8 Å². The highest BCUT2D eigenvalue weighted by Gasteiger charge is 2.26. The number of pyridine rings is 1. The fourth-order valence-electron chi connectivity index (χ4n) is 4.57. The number of halogens is 1. The van der Waals surface area contributed by atoms with Crippen molar-refractivity contribution in [3.63, 3.8) is 0 Å². The Labute approximate surface area is 207 Å². The molecule has 0 unspecified atom stereocenters. The molecule has 9 nitrogen and oxygen atoms in total. The normalized spacial score (nSPS) is 16.0. The summed E-state index contributed by atoms with van der Waals surface area (Å²) in [6, 6.07) is 10.7. The van der Waals surface area contributed by atoms with E-state index in [4.69, 9.17) is 16.6 Å². The van der Waals surface area contributed by atoms with Crippen LogP contribution in [0.4, 0.5) is 11.8 Å². The first-order chi connectivity index (χ1) is 16.9. The third-order valence-corrected chi connectivity index (χ3v) is 6.55. The molecule has 0 aliphatic carbocycles. The van der Waals surface area contributed by atoms with Gasteiger partial charge in [0.05, 0.1) is 11.7 Å². The van der Waals surface area contributed by atoms with E-state index >= 15 is 0 Å². The van der Waals surface area contributed by atoms with Gasteiger partial charge in [-0.25, -0.2) is 9.67 Å². The number of nitrogens with one attached hydrogen (secondary N) is 1. The van der Waals surface area contributed by atoms with Crippen LogP contribution in [-0.4, -0.2) is 48.2 Å². The van der Waals surface area contributed by atoms with E-state index in [-0.39, 0.29) is 17.5 Å². The maximum atomic E-state index is 13.1. The van der Waals surface area contributed by atoms with Gasteiger partial charge in [0.2, 0.25) is 11.9 Å². The van der Waals surface area contributed by atoms with E-state index in [0.29, 0.717) is 35.4 Å². The summed E-state index contributed by atoms with van der Waals surface area (Å²) >= 11 is 6.10. The molecule has 0 bridgehead atoms. The third kappa shape index (κ3) is 4.64. The Balaban J connectivity index is 1.49. The molecule has 0 spiro atoms. The van der Waals surface area contributed by atoms with Crippen LogP contribution >= 0.6 is 11.6 Å². The number of aromatic nitrogens is 5. The van der Waals surface area contributed by atoms with Gasteiger partial charge in [-0.2, -0.15) is 10.1 Å². The number of benzene rings is 1. The van der Waals surface area contributed by atoms with Gasteiger partial charge in [0.1, 0.15) is 5.65 Å². The molecule has 1 fully saturated rings. The van der Waals surface area contributed by atoms with Crippen molar-refractivity contribution in [1.82, 2.24) is 29.2 Å². The predicted molar refractivity (Wildman–Crippen MR) is 136 cm³/mol. The molecule has 3 aromatic heterocycles. The number of likely N-dealkylation sites (tertiary alicyclic amines) is 1. The summed E-state index contributed by atoms with van der Waals surface area (Å²) < 4.78 is 3.42. The molecule has 5 rings (SSSR count). The smallest absolute Gasteiger partial charge is 0.252 e. The minimum atomic E-state index is -0.139. The zero-order valence-corrected chi connectivity index (χ0v) is 20.4. The van der Waals surface area contributed by atoms with Crippen LogP contribution in [0.25, 0.3) is 16.7 Å². The zero-order chi connectivity index (χ0) is 24.5. The van der Waals surface area contributed by atoms with Crippen molar-refractivity contribution >= 4 is 40.3 Å². The van der Waals surface area contributed by atoms with Gasteiger partial charge in [0.15, 0.2) is 5.82 Å². The lowest BCUT2D eigenvalue weighted by molar-refractivity contribution is -0.132. The number of nitrogens with zero attached hydrogens (tertiary/aromatic N) is 6. The number of amides is 1. The number of hydrogen-bond acceptors (Lipinski definition) is 6. The lowest BCUT2D eigenvalue weighted by atomic mass is 10.0. The molecule has 1 aliphatic heterocycles. The van der Waals surface area contributed by atoms with E-state index in [1.54, 1.807) is 21.5 Å². The molecule has 0 saturated carbocycles. The van der Waals surface area contributed by atoms with Crippen molar-refractivity contribution in [1.29, 1.82) is 0 Å². The second-order valence-electron chi connectivity index (χ2n) is 8.71. The van der Waals surface area contributed by atoms with Crippen LogP contribution < -0.4 is 10.9 Å². The van der Waals surface area contributed by atoms with E-state index in [1.807, 2.05) is 55.3 Å². The van der Waals surface area contributed by atoms with Gasteiger partial charge in [-0.3, -0.25) is 14.2 Å². The van der Waals surface area contributed by atoms with Crippen LogP contribution in [0.2, 0.25) is 5.02 Å². The van der Waals surface area contributed by atoms with Crippen LogP contribution in [0.15, 0.2) is 53.6 Å². The first-order valence-corrected chi connectivity index (χ1v) is 12.1. The van der Waals surface area contributed by atoms with Crippen molar-refractivity contribution in [2.75, 3.05) is 18.4 Å². The third-order valence-electron chi connectivity index (χ3n) is 6.32. The summed E-state index contributed by atoms with van der Waals surface area (Å²) in [6.45, 7) is 4.96. The molecule has 1 saturated heterocycles. The first-order valence-electron chi connectivity index (χ1n) is 11.7. The number of rotatable bonds is 5. The average Bonchev–Trinajstić information content (AvgIpc) is 3.32. The fraction of sp³-hybridized carbons (Fsp3) is 0.320. The number of carbonyl (C=O) groups is 1. The molecule has 0 radical (unpaired) electrons. The zero-order valence-electron chi connectivity index (χ0n) is 19.6. The van der Waals surface area contributed by atoms with E-state index < -0.39 is 0 Å². The number of piperidine rings is 1. The Hall–Kier alpha value is -3.72. The van der Waals surface area contributed by atoms with Gasteiger partial charge >= 0.3 is 0 Å². The van der Waals surface area contributed by atoms with Crippen LogP contribution in [-0.2, 0) is 4.79 Å². The van der Waals surface area contributed by atoms with Gasteiger partial charge in [-0.05, 0) is 43.5 Å². The van der Waals surface area contributed by atoms with E-state index in [0.717, 1.165) is 36.0 Å². The first kappa shape index (κ1) is 23.0. The molecular formula is C25H26ClN7O2. The molecule has 10 heteroatoms. The topological polar surface area (TPSA) is 97.9 Å². The molecule has 4 aromatic rings. The van der Waals surface area contributed by atoms with Crippen molar-refractivity contribution in [2.24, 2.45) is 0 Å². The maximum absolute atomic E-state index is 13.1. The molecule has 1 atom stereocenters. The molecule has 1 aromatic carbocycles. The van der Waals surface area contributed by atoms with Crippen LogP contribution in [0.3, 0.4) is 0 Å². The molecule has 180 valence electrons. The Morgan fingerprint density at radius 3 is 2.91 bits per heavy atom. The van der Waals surface area contributed by atoms with Crippen molar-refractivity contribution in [2.45, 2.75) is 39.2 Å². The summed E-state index contributed by atoms with van der Waals surface area (Å²) in [5.41, 5.74) is 2.08. The van der Waals surface area contributed by atoms with Gasteiger partial charge in [-0.1, -0.05) is 24.6 Å². The standard InChI is InChI=1S/C25H26ClN7O2/c1-3-22(34)31-10-5-8-19(15-31)33-23(35)12-16(2)20-14-27-25(29-24(20)33)28-21-9-11-32(30-21)18-7-4-6-17(26)13-18/h4,6-7,9,11-14,19H,3,5,8,10,15H2,1-2H3,(H,27,28,29,30)/t19-/m1/s1. The summed E-state index contributed by atoms with van der Waals surface area (Å²) in [5.74, 6) is 1.000. The predicted octanol–water partition coefficient (Wildman–Crippen LogP) is 4.26. The van der Waals surface area contributed by atoms with Gasteiger partial charge in [0.25, 0.3) is 5.56 Å². The van der Waals surface area contributed by atoms with Crippen LogP contribution in [0.5, 0.6) is 0 Å². The molecule has 4 heterocycles. The Bertz CT molecular complexity index is 1460. The quantitative estimate of drug-likeness (QED) is 0.448. The number of carbonyl (C=O) groups excluding carboxylic acids is 1. The SMILES string of the molecule is CCC(=O)N1CCC[C@@H](n2c(=O)cc(C)c3cnc(Nc4ccn(-c5cccc(Cl)c5)n4)nc32)C1. The molecule has 35 heavy (non-hydrogen) atoms. The molecule has 1 amide bonds. The van der Waals surface area contributed by atoms with E-state index in [9.17, 15) is 9.59 Å². The Morgan fingerprint density at radius 2 is 2.11 bits per heavy atom. The van der Waals surface area contributed by atoms with Crippen molar-refractivity contribution in [3.8, 4) is 5.69 Å². The number of anilines is 2. The summed E-state index contributed by atoms with van der Waals surface area (Å²) in [6.07, 6.45) is 5.64. The summed E-state index contributed by atoms with van der Waals surface area (Å²) in [7, 11) is 0. The fourth-order valence-corrected chi connectivity index (χ4v) is 4.75. The molecule has 1 aliphatic rings. The van der Waals surface area contributed by atoms with Gasteiger partial charge < -0.3 is 10.2 Å². The largest absolute Gasteiger partial charge is 0.341 e. The van der Waals surface area contributed by atoms with Crippen LogP contribution in [0, 0.1) is 6.92 Å². The molecular weight excluding hydrogens is 466 g/mol. The highest BCUT2D eigenvalue weighted by atomic mass is 35.5. The average molecular weight is 492 g/mol. The lowest BCUT2D eigenvalue weighted by Crippen LogP contribution is -2.42. The summed E-state index contributed by atoms with van der Waals surface area (Å²) in [4.78, 5) is 36.4. The number of hydrogen-bond donors (Lipinski definition) is 1. The second-order valence-corrected chi connectivity index (χ2v) is 9.14. The van der Waals surface area contributed by atoms with E-state index in [2.05, 4.69) is 15.4 Å². The number of aryl methyl sites for hydroxylation is 1. The Kier molecular flexibility index (Phi) is 6.25. The highest BCUT2D eigenvalue weighted by Crippen LogP contribution is 2.26. The van der Waals surface area contributed by atoms with E-state index in [1.165, 1.54) is 0 Å². The minimum absolute atomic E-state index is 0.103. The number of fused-ring (bicyclic) bond motifs is 1. The van der Waals surface area contributed by atoms with Crippen molar-refractivity contribution < 1.29 is 4.79 Å². The highest BCUT2D eigenvalue weighted by molar-refractivity contribution is 6.30. The second kappa shape index (κ2) is 9.50. The Morgan fingerprint density at radius 1 is 1.26 bits per heavy atom. The minimum Gasteiger partial charge on any atom is -0.341 e. The summed E-state index contributed by atoms with van der Waals surface area (Å²) in [5, 5.41) is 9.11. The lowest BCUT2D eigenvalue weighted by Gasteiger charge is -2.34. The molecule has 1 N–H and O–H groups in total. The van der Waals surface area contributed by atoms with Crippen molar-refractivity contribution in [3.05, 3.63) is 69.7 Å². The maximum Gasteiger partial charge on any atom is 0.252 e. The van der Waals surface area contributed by atoms with Gasteiger partial charge in [-0.15, -0.1) is 0 Å². The monoisotopic (exact) mass is 491 g/mol.